The van der Waals surface area contributed by atoms with Gasteiger partial charge in [-0.3, -0.25) is 0 Å². The highest BCUT2D eigenvalue weighted by atomic mass is 19.4. The fourth-order valence-corrected chi connectivity index (χ4v) is 3.12. The Balaban J connectivity index is 0.000000505. The molecule has 0 fully saturated rings. The first kappa shape index (κ1) is 27.9. The Kier molecular flexibility index (Phi) is 7.88. The highest BCUT2D eigenvalue weighted by Gasteiger charge is 2.38. The number of nitrogen functional groups attached to an aromatic ring is 1. The van der Waals surface area contributed by atoms with E-state index in [4.69, 9.17) is 20.4 Å². The second-order valence-corrected chi connectivity index (χ2v) is 7.26. The van der Waals surface area contributed by atoms with Gasteiger partial charge in [-0.15, -0.1) is 0 Å². The van der Waals surface area contributed by atoms with Crippen molar-refractivity contribution in [3.05, 3.63) is 66.0 Å². The number of nitrogens with zero attached hydrogens (tertiary/aromatic N) is 3. The first-order valence-electron chi connectivity index (χ1n) is 10.3. The van der Waals surface area contributed by atoms with Gasteiger partial charge in [-0.1, -0.05) is 18.2 Å². The molecule has 0 bridgehead atoms. The average Bonchev–Trinajstić information content (AvgIpc) is 2.83. The Hall–Kier alpha value is -4.69. The largest absolute Gasteiger partial charge is 0.490 e. The molecule has 0 unspecified atom stereocenters. The fraction of sp³-hybridized carbons (Fsp3) is 0.130. The molecule has 0 aliphatic rings. The van der Waals surface area contributed by atoms with E-state index in [0.717, 1.165) is 12.1 Å². The maximum atomic E-state index is 14.1. The second kappa shape index (κ2) is 10.7. The van der Waals surface area contributed by atoms with Crippen molar-refractivity contribution in [3.8, 4) is 22.8 Å². The lowest BCUT2D eigenvalue weighted by atomic mass is 10.0. The number of fused-ring (bicyclic) bond motifs is 1. The molecule has 2 heterocycles. The van der Waals surface area contributed by atoms with Crippen molar-refractivity contribution in [1.29, 1.82) is 0 Å². The summed E-state index contributed by atoms with van der Waals surface area (Å²) in [6.07, 6.45) is -9.79. The lowest BCUT2D eigenvalue weighted by Crippen LogP contribution is -2.21. The van der Waals surface area contributed by atoms with Gasteiger partial charge in [-0.25, -0.2) is 14.2 Å². The molecule has 0 spiro atoms. The number of pyridine rings is 1. The van der Waals surface area contributed by atoms with Crippen molar-refractivity contribution in [2.45, 2.75) is 12.4 Å². The van der Waals surface area contributed by atoms with Crippen molar-refractivity contribution < 1.29 is 45.4 Å². The zero-order chi connectivity index (χ0) is 28.3. The van der Waals surface area contributed by atoms with E-state index in [0.29, 0.717) is 11.2 Å². The van der Waals surface area contributed by atoms with Crippen LogP contribution in [0.3, 0.4) is 0 Å². The molecule has 4 rings (SSSR count). The molecule has 0 radical (unpaired) electrons. The van der Waals surface area contributed by atoms with Gasteiger partial charge in [0.15, 0.2) is 17.2 Å². The summed E-state index contributed by atoms with van der Waals surface area (Å²) in [7, 11) is 1.62. The van der Waals surface area contributed by atoms with Crippen molar-refractivity contribution in [1.82, 2.24) is 15.0 Å². The number of hydrogen-bond donors (Lipinski definition) is 3. The van der Waals surface area contributed by atoms with Crippen molar-refractivity contribution in [2.75, 3.05) is 18.1 Å². The van der Waals surface area contributed by atoms with E-state index in [-0.39, 0.29) is 34.4 Å². The summed E-state index contributed by atoms with van der Waals surface area (Å²) in [5, 5.41) is 10.4. The van der Waals surface area contributed by atoms with Crippen molar-refractivity contribution in [2.24, 2.45) is 0 Å². The van der Waals surface area contributed by atoms with Crippen LogP contribution in [0.2, 0.25) is 0 Å². The van der Waals surface area contributed by atoms with Crippen LogP contribution in [0, 0.1) is 5.82 Å². The molecule has 4 aromatic rings. The van der Waals surface area contributed by atoms with Crippen LogP contribution >= 0.6 is 0 Å². The summed E-state index contributed by atoms with van der Waals surface area (Å²) < 4.78 is 92.8. The minimum atomic E-state index is -5.08. The second-order valence-electron chi connectivity index (χ2n) is 7.26. The van der Waals surface area contributed by atoms with E-state index >= 15 is 0 Å². The molecular weight excluding hydrogens is 527 g/mol. The molecule has 2 aromatic carbocycles. The lowest BCUT2D eigenvalue weighted by Gasteiger charge is -2.17. The number of ether oxygens (including phenoxy) is 1. The van der Waals surface area contributed by atoms with Crippen LogP contribution in [0.1, 0.15) is 5.56 Å². The molecule has 4 N–H and O–H groups in total. The van der Waals surface area contributed by atoms with E-state index in [1.165, 1.54) is 42.5 Å². The Labute approximate surface area is 208 Å². The SMILES string of the molecule is CNc1nc(N)nc2nc(-c3c(Oc4ccccc4F)cccc3C(F)(F)F)ccc12.O=C(O)C(F)(F)F. The summed E-state index contributed by atoms with van der Waals surface area (Å²) in [5.41, 5.74) is 4.40. The topological polar surface area (TPSA) is 123 Å². The van der Waals surface area contributed by atoms with Gasteiger partial charge in [-0.05, 0) is 36.4 Å². The van der Waals surface area contributed by atoms with Crippen LogP contribution in [-0.4, -0.2) is 39.3 Å². The highest BCUT2D eigenvalue weighted by molar-refractivity contribution is 5.89. The minimum absolute atomic E-state index is 0.0630. The summed E-state index contributed by atoms with van der Waals surface area (Å²) in [4.78, 5) is 21.2. The third-order valence-corrected chi connectivity index (χ3v) is 4.70. The number of nitrogens with two attached hydrogens (primary N) is 1. The summed E-state index contributed by atoms with van der Waals surface area (Å²) in [6.45, 7) is 0. The zero-order valence-corrected chi connectivity index (χ0v) is 19.0. The van der Waals surface area contributed by atoms with Gasteiger partial charge in [0.2, 0.25) is 5.95 Å². The van der Waals surface area contributed by atoms with Crippen molar-refractivity contribution >= 4 is 28.8 Å². The van der Waals surface area contributed by atoms with Gasteiger partial charge in [-0.2, -0.15) is 36.3 Å². The van der Waals surface area contributed by atoms with Crippen molar-refractivity contribution in [3.63, 3.8) is 0 Å². The number of carboxylic acid groups (broad SMARTS) is 1. The monoisotopic (exact) mass is 543 g/mol. The molecule has 2 aromatic heterocycles. The number of carboxylic acids is 1. The zero-order valence-electron chi connectivity index (χ0n) is 19.0. The fourth-order valence-electron chi connectivity index (χ4n) is 3.12. The number of halogens is 7. The predicted molar refractivity (Wildman–Crippen MR) is 122 cm³/mol. The van der Waals surface area contributed by atoms with E-state index in [2.05, 4.69) is 20.3 Å². The molecule has 15 heteroatoms. The van der Waals surface area contributed by atoms with Crippen LogP contribution < -0.4 is 15.8 Å². The average molecular weight is 543 g/mol. The number of para-hydroxylation sites is 1. The predicted octanol–water partition coefficient (Wildman–Crippen LogP) is 5.90. The quantitative estimate of drug-likeness (QED) is 0.272. The van der Waals surface area contributed by atoms with Crippen LogP contribution in [-0.2, 0) is 11.0 Å². The van der Waals surface area contributed by atoms with Gasteiger partial charge in [0.05, 0.1) is 22.2 Å². The molecule has 0 aliphatic carbocycles. The van der Waals surface area contributed by atoms with Crippen LogP contribution in [0.5, 0.6) is 11.5 Å². The number of alkyl halides is 6. The number of carbonyl (C=O) groups is 1. The standard InChI is InChI=1S/C21H15F4N5O.C2HF3O2/c1-27-18-11-9-10-14(28-19(11)30-20(26)29-18)17-12(21(23,24)25)5-4-8-16(17)31-15-7-3-2-6-13(15)22;3-2(4,5)1(6)7/h2-10H,1H3,(H3,26,27,28,29,30);(H,6,7). The molecule has 0 saturated heterocycles. The number of anilines is 2. The van der Waals surface area contributed by atoms with Crippen LogP contribution in [0.4, 0.5) is 42.5 Å². The van der Waals surface area contributed by atoms with E-state index in [1.807, 2.05) is 0 Å². The molecular formula is C23H16F7N5O3. The molecule has 0 saturated carbocycles. The van der Waals surface area contributed by atoms with Gasteiger partial charge in [0.25, 0.3) is 0 Å². The lowest BCUT2D eigenvalue weighted by molar-refractivity contribution is -0.192. The normalized spacial score (nSPS) is 11.5. The summed E-state index contributed by atoms with van der Waals surface area (Å²) in [5.74, 6) is -3.60. The molecule has 38 heavy (non-hydrogen) atoms. The maximum absolute atomic E-state index is 14.1. The summed E-state index contributed by atoms with van der Waals surface area (Å²) in [6, 6.07) is 11.8. The van der Waals surface area contributed by atoms with Gasteiger partial charge < -0.3 is 20.9 Å². The highest BCUT2D eigenvalue weighted by Crippen LogP contribution is 2.43. The smallest absolute Gasteiger partial charge is 0.475 e. The molecule has 0 aliphatic heterocycles. The number of hydrogen-bond acceptors (Lipinski definition) is 7. The van der Waals surface area contributed by atoms with Gasteiger partial charge in [0, 0.05) is 7.05 Å². The first-order chi connectivity index (χ1) is 17.7. The number of benzene rings is 2. The third-order valence-electron chi connectivity index (χ3n) is 4.70. The Morgan fingerprint density at radius 2 is 1.55 bits per heavy atom. The number of nitrogens with one attached hydrogen (secondary N) is 1. The maximum Gasteiger partial charge on any atom is 0.490 e. The summed E-state index contributed by atoms with van der Waals surface area (Å²) >= 11 is 0. The molecule has 200 valence electrons. The third kappa shape index (κ3) is 6.35. The Morgan fingerprint density at radius 3 is 2.13 bits per heavy atom. The van der Waals surface area contributed by atoms with E-state index < -0.39 is 29.7 Å². The van der Waals surface area contributed by atoms with Gasteiger partial charge in [0.1, 0.15) is 11.6 Å². The number of aliphatic carboxylic acids is 1. The Bertz CT molecular complexity index is 1480. The van der Waals surface area contributed by atoms with Gasteiger partial charge >= 0.3 is 18.3 Å². The number of rotatable bonds is 4. The van der Waals surface area contributed by atoms with Crippen LogP contribution in [0.25, 0.3) is 22.3 Å². The number of aromatic nitrogens is 3. The first-order valence-corrected chi connectivity index (χ1v) is 10.3. The Morgan fingerprint density at radius 1 is 0.921 bits per heavy atom. The molecule has 8 nitrogen and oxygen atoms in total. The molecule has 0 atom stereocenters. The van der Waals surface area contributed by atoms with E-state index in [9.17, 15) is 30.7 Å². The van der Waals surface area contributed by atoms with Crippen LogP contribution in [0.15, 0.2) is 54.6 Å². The van der Waals surface area contributed by atoms with E-state index in [1.54, 1.807) is 7.05 Å². The molecule has 0 amide bonds. The minimum Gasteiger partial charge on any atom is -0.475 e.